The van der Waals surface area contributed by atoms with E-state index in [2.05, 4.69) is 0 Å². The third kappa shape index (κ3) is 0.487. The van der Waals surface area contributed by atoms with E-state index in [1.165, 1.54) is 19.3 Å². The molecule has 0 radical (unpaired) electrons. The zero-order valence-corrected chi connectivity index (χ0v) is 5.86. The minimum Gasteiger partial charge on any atom is -0.368 e. The Balaban J connectivity index is 1.98. The van der Waals surface area contributed by atoms with Crippen LogP contribution in [0.1, 0.15) is 19.3 Å². The SMILES string of the molecule is O[C@H]1O[C@@H]2C[C@@H]3C[C@@H]1[C@H]2C3. The van der Waals surface area contributed by atoms with Gasteiger partial charge in [0.15, 0.2) is 6.29 Å². The molecule has 3 rings (SSSR count). The highest BCUT2D eigenvalue weighted by Gasteiger charge is 2.55. The summed E-state index contributed by atoms with van der Waals surface area (Å²) in [6, 6.07) is 0. The van der Waals surface area contributed by atoms with E-state index >= 15 is 0 Å². The lowest BCUT2D eigenvalue weighted by Gasteiger charge is -2.14. The molecule has 1 N–H and O–H groups in total. The molecule has 0 aromatic carbocycles. The zero-order chi connectivity index (χ0) is 6.72. The summed E-state index contributed by atoms with van der Waals surface area (Å²) in [5, 5.41) is 9.37. The molecule has 2 aliphatic carbocycles. The fourth-order valence-electron chi connectivity index (χ4n) is 3.10. The molecule has 56 valence electrons. The van der Waals surface area contributed by atoms with Crippen LogP contribution in [0, 0.1) is 17.8 Å². The summed E-state index contributed by atoms with van der Waals surface area (Å²) in [4.78, 5) is 0. The van der Waals surface area contributed by atoms with Crippen molar-refractivity contribution in [3.05, 3.63) is 0 Å². The van der Waals surface area contributed by atoms with Gasteiger partial charge in [0.25, 0.3) is 0 Å². The maximum atomic E-state index is 9.37. The van der Waals surface area contributed by atoms with Gasteiger partial charge in [0, 0.05) is 5.92 Å². The van der Waals surface area contributed by atoms with Crippen LogP contribution in [0.15, 0.2) is 0 Å². The molecule has 2 bridgehead atoms. The fourth-order valence-corrected chi connectivity index (χ4v) is 3.10. The average molecular weight is 140 g/mol. The molecule has 1 saturated heterocycles. The van der Waals surface area contributed by atoms with E-state index < -0.39 is 6.29 Å². The first-order valence-electron chi connectivity index (χ1n) is 4.18. The van der Waals surface area contributed by atoms with E-state index in [9.17, 15) is 5.11 Å². The van der Waals surface area contributed by atoms with Gasteiger partial charge in [-0.25, -0.2) is 0 Å². The third-order valence-corrected chi connectivity index (χ3v) is 3.48. The summed E-state index contributed by atoms with van der Waals surface area (Å²) < 4.78 is 5.39. The van der Waals surface area contributed by atoms with Gasteiger partial charge in [-0.15, -0.1) is 0 Å². The van der Waals surface area contributed by atoms with Crippen LogP contribution >= 0.6 is 0 Å². The number of hydrogen-bond acceptors (Lipinski definition) is 2. The summed E-state index contributed by atoms with van der Waals surface area (Å²) in [6.45, 7) is 0. The van der Waals surface area contributed by atoms with E-state index in [1.807, 2.05) is 0 Å². The van der Waals surface area contributed by atoms with Crippen LogP contribution in [0.4, 0.5) is 0 Å². The molecule has 0 amide bonds. The van der Waals surface area contributed by atoms with E-state index in [0.717, 1.165) is 11.8 Å². The fraction of sp³-hybridized carbons (Fsp3) is 1.00. The Morgan fingerprint density at radius 2 is 1.90 bits per heavy atom. The highest BCUT2D eigenvalue weighted by Crippen LogP contribution is 2.55. The summed E-state index contributed by atoms with van der Waals surface area (Å²) >= 11 is 0. The molecule has 5 atom stereocenters. The first-order valence-corrected chi connectivity index (χ1v) is 4.18. The van der Waals surface area contributed by atoms with Crippen LogP contribution in [0.2, 0.25) is 0 Å². The van der Waals surface area contributed by atoms with Crippen LogP contribution in [-0.2, 0) is 4.74 Å². The molecule has 3 fully saturated rings. The lowest BCUT2D eigenvalue weighted by Crippen LogP contribution is -2.17. The normalized spacial score (nSPS) is 63.9. The molecule has 0 aromatic rings. The predicted octanol–water partition coefficient (Wildman–Crippen LogP) is 0.750. The van der Waals surface area contributed by atoms with Crippen LogP contribution in [0.25, 0.3) is 0 Å². The smallest absolute Gasteiger partial charge is 0.158 e. The van der Waals surface area contributed by atoms with Gasteiger partial charge in [0.05, 0.1) is 6.10 Å². The molecule has 0 aromatic heterocycles. The van der Waals surface area contributed by atoms with E-state index in [-0.39, 0.29) is 0 Å². The highest BCUT2D eigenvalue weighted by atomic mass is 16.6. The predicted molar refractivity (Wildman–Crippen MR) is 35.2 cm³/mol. The van der Waals surface area contributed by atoms with Gasteiger partial charge in [0.1, 0.15) is 0 Å². The zero-order valence-electron chi connectivity index (χ0n) is 5.86. The topological polar surface area (TPSA) is 29.5 Å². The monoisotopic (exact) mass is 140 g/mol. The summed E-state index contributed by atoms with van der Waals surface area (Å²) in [5.74, 6) is 2.11. The maximum absolute atomic E-state index is 9.37. The number of aliphatic hydroxyl groups is 1. The van der Waals surface area contributed by atoms with Crippen molar-refractivity contribution in [3.63, 3.8) is 0 Å². The van der Waals surface area contributed by atoms with Crippen LogP contribution in [-0.4, -0.2) is 17.5 Å². The van der Waals surface area contributed by atoms with Gasteiger partial charge < -0.3 is 9.84 Å². The van der Waals surface area contributed by atoms with Crippen molar-refractivity contribution in [2.45, 2.75) is 31.7 Å². The molecule has 0 spiro atoms. The van der Waals surface area contributed by atoms with Crippen molar-refractivity contribution >= 4 is 0 Å². The summed E-state index contributed by atoms with van der Waals surface area (Å²) in [6.07, 6.45) is 3.79. The molecule has 3 aliphatic rings. The standard InChI is InChI=1S/C8H12O2/c9-8-6-2-4-1-5(6)7(3-4)10-8/h4-9H,1-3H2/t4-,5+,6+,7+,8-/m0/s1. The van der Waals surface area contributed by atoms with Crippen LogP contribution < -0.4 is 0 Å². The lowest BCUT2D eigenvalue weighted by molar-refractivity contribution is -0.101. The quantitative estimate of drug-likeness (QED) is 0.538. The first kappa shape index (κ1) is 5.56. The Morgan fingerprint density at radius 1 is 1.10 bits per heavy atom. The molecule has 2 saturated carbocycles. The van der Waals surface area contributed by atoms with Crippen molar-refractivity contribution in [2.75, 3.05) is 0 Å². The van der Waals surface area contributed by atoms with Gasteiger partial charge in [-0.05, 0) is 31.1 Å². The average Bonchev–Trinajstić information content (AvgIpc) is 2.44. The van der Waals surface area contributed by atoms with Crippen LogP contribution in [0.5, 0.6) is 0 Å². The second-order valence-electron chi connectivity index (χ2n) is 3.97. The summed E-state index contributed by atoms with van der Waals surface area (Å²) in [5.41, 5.74) is 0. The number of ether oxygens (including phenoxy) is 1. The number of fused-ring (bicyclic) bond motifs is 1. The first-order chi connectivity index (χ1) is 4.84. The van der Waals surface area contributed by atoms with Crippen molar-refractivity contribution < 1.29 is 9.84 Å². The van der Waals surface area contributed by atoms with E-state index in [4.69, 9.17) is 4.74 Å². The number of rotatable bonds is 0. The molecule has 2 heteroatoms. The van der Waals surface area contributed by atoms with Crippen molar-refractivity contribution in [2.24, 2.45) is 17.8 Å². The Hall–Kier alpha value is -0.0800. The highest BCUT2D eigenvalue weighted by molar-refractivity contribution is 5.01. The molecule has 1 heterocycles. The Morgan fingerprint density at radius 3 is 2.50 bits per heavy atom. The Labute approximate surface area is 60.2 Å². The molecular weight excluding hydrogens is 128 g/mol. The van der Waals surface area contributed by atoms with E-state index in [0.29, 0.717) is 12.0 Å². The largest absolute Gasteiger partial charge is 0.368 e. The maximum Gasteiger partial charge on any atom is 0.158 e. The molecule has 10 heavy (non-hydrogen) atoms. The van der Waals surface area contributed by atoms with Crippen molar-refractivity contribution in [1.82, 2.24) is 0 Å². The Kier molecular flexibility index (Phi) is 0.868. The van der Waals surface area contributed by atoms with Crippen LogP contribution in [0.3, 0.4) is 0 Å². The van der Waals surface area contributed by atoms with Gasteiger partial charge in [-0.3, -0.25) is 0 Å². The minimum atomic E-state index is -0.414. The number of hydrogen-bond donors (Lipinski definition) is 1. The minimum absolute atomic E-state index is 0.414. The number of aliphatic hydroxyl groups excluding tert-OH is 1. The lowest BCUT2D eigenvalue weighted by atomic mass is 9.89. The van der Waals surface area contributed by atoms with Gasteiger partial charge >= 0.3 is 0 Å². The third-order valence-electron chi connectivity index (χ3n) is 3.48. The summed E-state index contributed by atoms with van der Waals surface area (Å²) in [7, 11) is 0. The Bertz CT molecular complexity index is 167. The molecule has 1 aliphatic heterocycles. The molecule has 2 nitrogen and oxygen atoms in total. The molecular formula is C8H12O2. The second-order valence-corrected chi connectivity index (χ2v) is 3.97. The van der Waals surface area contributed by atoms with Gasteiger partial charge in [0.2, 0.25) is 0 Å². The van der Waals surface area contributed by atoms with Gasteiger partial charge in [-0.2, -0.15) is 0 Å². The van der Waals surface area contributed by atoms with Crippen molar-refractivity contribution in [3.8, 4) is 0 Å². The van der Waals surface area contributed by atoms with E-state index in [1.54, 1.807) is 0 Å². The molecule has 0 unspecified atom stereocenters. The van der Waals surface area contributed by atoms with Gasteiger partial charge in [-0.1, -0.05) is 0 Å². The second kappa shape index (κ2) is 1.56. The van der Waals surface area contributed by atoms with Crippen molar-refractivity contribution in [1.29, 1.82) is 0 Å².